The van der Waals surface area contributed by atoms with Crippen molar-refractivity contribution in [1.82, 2.24) is 0 Å². The van der Waals surface area contributed by atoms with E-state index in [4.69, 9.17) is 9.84 Å². The van der Waals surface area contributed by atoms with Crippen molar-refractivity contribution in [2.45, 2.75) is 85.1 Å². The average Bonchev–Trinajstić information content (AvgIpc) is 2.52. The molecule has 0 aliphatic heterocycles. The molecular formula is C18H38O2Sn. The van der Waals surface area contributed by atoms with Crippen LogP contribution in [0.25, 0.3) is 0 Å². The first kappa shape index (κ1) is 21.5. The van der Waals surface area contributed by atoms with E-state index in [2.05, 4.69) is 30.9 Å². The Morgan fingerprint density at radius 3 is 1.76 bits per heavy atom. The number of rotatable bonds is 14. The monoisotopic (exact) mass is 406 g/mol. The molecule has 0 amide bonds. The molecule has 0 rings (SSSR count). The Kier molecular flexibility index (Phi) is 14.4. The number of aliphatic hydroxyl groups is 1. The van der Waals surface area contributed by atoms with E-state index in [1.54, 1.807) is 7.11 Å². The van der Waals surface area contributed by atoms with Gasteiger partial charge in [0, 0.05) is 0 Å². The Morgan fingerprint density at radius 1 is 0.952 bits per heavy atom. The fourth-order valence-corrected chi connectivity index (χ4v) is 17.3. The molecule has 0 aromatic carbocycles. The zero-order chi connectivity index (χ0) is 16.0. The van der Waals surface area contributed by atoms with Gasteiger partial charge in [0.1, 0.15) is 0 Å². The van der Waals surface area contributed by atoms with E-state index in [0.29, 0.717) is 0 Å². The summed E-state index contributed by atoms with van der Waals surface area (Å²) in [5, 5.41) is 9.12. The van der Waals surface area contributed by atoms with Gasteiger partial charge in [0.25, 0.3) is 0 Å². The van der Waals surface area contributed by atoms with Crippen molar-refractivity contribution >= 4 is 18.4 Å². The predicted octanol–water partition coefficient (Wildman–Crippen LogP) is 5.33. The zero-order valence-corrected chi connectivity index (χ0v) is 17.7. The van der Waals surface area contributed by atoms with Crippen molar-refractivity contribution in [3.63, 3.8) is 0 Å². The first-order valence-electron chi connectivity index (χ1n) is 9.01. The molecule has 0 aliphatic carbocycles. The molecule has 0 spiro atoms. The van der Waals surface area contributed by atoms with Crippen LogP contribution in [0, 0.1) is 0 Å². The van der Waals surface area contributed by atoms with Gasteiger partial charge >= 0.3 is 137 Å². The summed E-state index contributed by atoms with van der Waals surface area (Å²) in [6.45, 7) is 7.14. The van der Waals surface area contributed by atoms with E-state index in [1.807, 2.05) is 0 Å². The fourth-order valence-electron chi connectivity index (χ4n) is 2.94. The minimum atomic E-state index is -2.15. The van der Waals surface area contributed by atoms with E-state index < -0.39 is 18.4 Å². The Labute approximate surface area is 137 Å². The van der Waals surface area contributed by atoms with E-state index in [0.717, 1.165) is 6.42 Å². The molecule has 126 valence electrons. The summed E-state index contributed by atoms with van der Waals surface area (Å²) in [4.78, 5) is 0. The summed E-state index contributed by atoms with van der Waals surface area (Å²) in [5.74, 6) is 0. The van der Waals surface area contributed by atoms with Gasteiger partial charge in [-0.1, -0.05) is 0 Å². The third-order valence-electron chi connectivity index (χ3n) is 4.47. The average molecular weight is 405 g/mol. The Hall–Kier alpha value is 0.459. The third-order valence-corrected chi connectivity index (χ3v) is 18.6. The quantitative estimate of drug-likeness (QED) is 0.396. The van der Waals surface area contributed by atoms with Crippen molar-refractivity contribution < 1.29 is 9.84 Å². The Morgan fingerprint density at radius 2 is 1.43 bits per heavy atom. The molecule has 0 heterocycles. The van der Waals surface area contributed by atoms with Gasteiger partial charge in [-0.05, 0) is 0 Å². The molecule has 0 radical (unpaired) electrons. The van der Waals surface area contributed by atoms with Gasteiger partial charge < -0.3 is 0 Å². The number of hydrogen-bond donors (Lipinski definition) is 1. The molecule has 0 saturated carbocycles. The first-order valence-corrected chi connectivity index (χ1v) is 16.7. The van der Waals surface area contributed by atoms with E-state index in [1.165, 1.54) is 51.8 Å². The van der Waals surface area contributed by atoms with Crippen molar-refractivity contribution in [1.29, 1.82) is 0 Å². The predicted molar refractivity (Wildman–Crippen MR) is 96.5 cm³/mol. The van der Waals surface area contributed by atoms with E-state index >= 15 is 0 Å². The number of aliphatic hydroxyl groups excluding tert-OH is 1. The molecule has 0 saturated heterocycles. The van der Waals surface area contributed by atoms with Crippen molar-refractivity contribution in [2.75, 3.05) is 13.7 Å². The second-order valence-electron chi connectivity index (χ2n) is 6.32. The second-order valence-corrected chi connectivity index (χ2v) is 19.3. The first-order chi connectivity index (χ1) is 10.2. The summed E-state index contributed by atoms with van der Waals surface area (Å²) >= 11 is -2.15. The van der Waals surface area contributed by atoms with Crippen LogP contribution in [0.1, 0.15) is 65.7 Å². The molecule has 1 atom stereocenters. The topological polar surface area (TPSA) is 29.5 Å². The molecule has 0 bridgehead atoms. The molecule has 0 aliphatic rings. The van der Waals surface area contributed by atoms with Gasteiger partial charge in [0.2, 0.25) is 0 Å². The van der Waals surface area contributed by atoms with Gasteiger partial charge in [-0.2, -0.15) is 0 Å². The molecule has 0 fully saturated rings. The Balaban J connectivity index is 4.94. The SMILES string of the molecule is CCC[CH2][Sn](/[CH]=C/[C@@H](CCO)OC)([CH2]CCC)[CH2]CCC. The van der Waals surface area contributed by atoms with Crippen LogP contribution in [0.5, 0.6) is 0 Å². The van der Waals surface area contributed by atoms with Crippen LogP contribution in [0.3, 0.4) is 0 Å². The Bertz CT molecular complexity index is 232. The maximum absolute atomic E-state index is 9.12. The van der Waals surface area contributed by atoms with Crippen LogP contribution in [-0.2, 0) is 4.74 Å². The van der Waals surface area contributed by atoms with E-state index in [9.17, 15) is 0 Å². The van der Waals surface area contributed by atoms with Crippen molar-refractivity contribution in [2.24, 2.45) is 0 Å². The van der Waals surface area contributed by atoms with E-state index in [-0.39, 0.29) is 12.7 Å². The number of ether oxygens (including phenoxy) is 1. The summed E-state index contributed by atoms with van der Waals surface area (Å²) < 4.78 is 12.6. The molecule has 0 aromatic heterocycles. The molecule has 21 heavy (non-hydrogen) atoms. The van der Waals surface area contributed by atoms with Crippen LogP contribution >= 0.6 is 0 Å². The van der Waals surface area contributed by atoms with Crippen LogP contribution in [0.15, 0.2) is 10.2 Å². The maximum atomic E-state index is 9.12. The zero-order valence-electron chi connectivity index (χ0n) is 14.9. The van der Waals surface area contributed by atoms with Crippen LogP contribution < -0.4 is 0 Å². The normalized spacial score (nSPS) is 14.0. The van der Waals surface area contributed by atoms with Gasteiger partial charge in [0.05, 0.1) is 0 Å². The van der Waals surface area contributed by atoms with Gasteiger partial charge in [-0.25, -0.2) is 0 Å². The van der Waals surface area contributed by atoms with Crippen LogP contribution in [0.2, 0.25) is 13.3 Å². The summed E-state index contributed by atoms with van der Waals surface area (Å²) in [6.07, 6.45) is 11.3. The second kappa shape index (κ2) is 14.1. The van der Waals surface area contributed by atoms with Crippen LogP contribution in [-0.4, -0.2) is 43.3 Å². The molecule has 0 aromatic rings. The summed E-state index contributed by atoms with van der Waals surface area (Å²) in [5.41, 5.74) is 0. The molecule has 1 N–H and O–H groups in total. The van der Waals surface area contributed by atoms with Gasteiger partial charge in [0.15, 0.2) is 0 Å². The summed E-state index contributed by atoms with van der Waals surface area (Å²) in [7, 11) is 1.76. The van der Waals surface area contributed by atoms with Crippen LogP contribution in [0.4, 0.5) is 0 Å². The standard InChI is InChI=1S/C6H11O2.3C4H9.Sn/c1-3-6(8-2)4-5-7;3*1-3-4-2;/h1,3,6-7H,4-5H2,2H3;3*1,3-4H2,2H3;/t6-;;;;/m0..../s1. The number of hydrogen-bond acceptors (Lipinski definition) is 2. The molecule has 3 heteroatoms. The molecule has 0 unspecified atom stereocenters. The van der Waals surface area contributed by atoms with Crippen molar-refractivity contribution in [3.05, 3.63) is 10.2 Å². The third kappa shape index (κ3) is 9.96. The minimum absolute atomic E-state index is 0.107. The van der Waals surface area contributed by atoms with Gasteiger partial charge in [-0.15, -0.1) is 0 Å². The fraction of sp³-hybridized carbons (Fsp3) is 0.889. The molecule has 2 nitrogen and oxygen atoms in total. The summed E-state index contributed by atoms with van der Waals surface area (Å²) in [6, 6.07) is 0. The van der Waals surface area contributed by atoms with Gasteiger partial charge in [-0.3, -0.25) is 0 Å². The number of unbranched alkanes of at least 4 members (excludes halogenated alkanes) is 3. The van der Waals surface area contributed by atoms with Crippen molar-refractivity contribution in [3.8, 4) is 0 Å². The molecular weight excluding hydrogens is 367 g/mol. The number of methoxy groups -OCH3 is 1.